The van der Waals surface area contributed by atoms with E-state index in [9.17, 15) is 4.79 Å². The second kappa shape index (κ2) is 4.46. The minimum Gasteiger partial charge on any atom is -0.508 e. The van der Waals surface area contributed by atoms with Crippen molar-refractivity contribution in [1.82, 2.24) is 0 Å². The molecule has 74 valence electrons. The Hall–Kier alpha value is -1.77. The van der Waals surface area contributed by atoms with Crippen LogP contribution in [0.1, 0.15) is 18.9 Å². The van der Waals surface area contributed by atoms with Gasteiger partial charge in [-0.3, -0.25) is 0 Å². The van der Waals surface area contributed by atoms with Crippen LogP contribution in [0.15, 0.2) is 29.8 Å². The molecule has 1 aromatic rings. The van der Waals surface area contributed by atoms with Crippen LogP contribution in [0, 0.1) is 0 Å². The molecule has 1 aromatic carbocycles. The number of benzene rings is 1. The van der Waals surface area contributed by atoms with Crippen LogP contribution in [0.5, 0.6) is 5.75 Å². The molecule has 0 atom stereocenters. The molecule has 0 heterocycles. The summed E-state index contributed by atoms with van der Waals surface area (Å²) in [4.78, 5) is 10.7. The Morgan fingerprint density at radius 3 is 2.36 bits per heavy atom. The van der Waals surface area contributed by atoms with E-state index in [4.69, 9.17) is 10.2 Å². The van der Waals surface area contributed by atoms with Crippen molar-refractivity contribution in [1.29, 1.82) is 0 Å². The van der Waals surface area contributed by atoms with Crippen LogP contribution < -0.4 is 0 Å². The van der Waals surface area contributed by atoms with E-state index >= 15 is 0 Å². The van der Waals surface area contributed by atoms with E-state index in [1.165, 1.54) is 12.1 Å². The summed E-state index contributed by atoms with van der Waals surface area (Å²) in [6.07, 6.45) is 2.08. The Bertz CT molecular complexity index is 349. The van der Waals surface area contributed by atoms with E-state index in [0.717, 1.165) is 5.56 Å². The molecule has 0 aliphatic carbocycles. The van der Waals surface area contributed by atoms with Crippen LogP contribution >= 0.6 is 0 Å². The highest BCUT2D eigenvalue weighted by molar-refractivity contribution is 5.92. The molecule has 0 aromatic heterocycles. The molecule has 0 radical (unpaired) electrons. The highest BCUT2D eigenvalue weighted by Crippen LogP contribution is 2.14. The number of carboxylic acids is 1. The fourth-order valence-electron chi connectivity index (χ4n) is 1.09. The fraction of sp³-hybridized carbons (Fsp3) is 0.182. The standard InChI is InChI=1S/C11H12O3/c1-2-9(11(13)14)7-8-3-5-10(12)6-4-8/h3-7,12H,2H2,1H3,(H,13,14)/b9-7-. The van der Waals surface area contributed by atoms with Crippen molar-refractivity contribution >= 4 is 12.0 Å². The predicted octanol–water partition coefficient (Wildman–Crippen LogP) is 2.27. The molecule has 0 saturated carbocycles. The number of aliphatic carboxylic acids is 1. The number of phenols is 1. The van der Waals surface area contributed by atoms with E-state index in [0.29, 0.717) is 12.0 Å². The van der Waals surface area contributed by atoms with Crippen molar-refractivity contribution in [3.8, 4) is 5.75 Å². The molecular weight excluding hydrogens is 180 g/mol. The molecule has 0 unspecified atom stereocenters. The summed E-state index contributed by atoms with van der Waals surface area (Å²) in [5, 5.41) is 17.8. The summed E-state index contributed by atoms with van der Waals surface area (Å²) in [5.74, 6) is -0.726. The Kier molecular flexibility index (Phi) is 3.29. The second-order valence-corrected chi connectivity index (χ2v) is 2.92. The van der Waals surface area contributed by atoms with Crippen LogP contribution in [-0.4, -0.2) is 16.2 Å². The topological polar surface area (TPSA) is 57.5 Å². The minimum atomic E-state index is -0.902. The lowest BCUT2D eigenvalue weighted by Crippen LogP contribution is -1.98. The van der Waals surface area contributed by atoms with Gasteiger partial charge in [-0.15, -0.1) is 0 Å². The monoisotopic (exact) mass is 192 g/mol. The summed E-state index contributed by atoms with van der Waals surface area (Å²) < 4.78 is 0. The van der Waals surface area contributed by atoms with Crippen LogP contribution in [0.4, 0.5) is 0 Å². The van der Waals surface area contributed by atoms with Gasteiger partial charge in [0.05, 0.1) is 0 Å². The van der Waals surface area contributed by atoms with Gasteiger partial charge in [0.1, 0.15) is 5.75 Å². The van der Waals surface area contributed by atoms with E-state index in [-0.39, 0.29) is 5.75 Å². The summed E-state index contributed by atoms with van der Waals surface area (Å²) in [6.45, 7) is 1.79. The molecule has 0 spiro atoms. The first kappa shape index (κ1) is 10.3. The van der Waals surface area contributed by atoms with E-state index in [2.05, 4.69) is 0 Å². The van der Waals surface area contributed by atoms with Crippen molar-refractivity contribution in [3.63, 3.8) is 0 Å². The smallest absolute Gasteiger partial charge is 0.331 e. The third-order valence-corrected chi connectivity index (χ3v) is 1.89. The number of hydrogen-bond acceptors (Lipinski definition) is 2. The average molecular weight is 192 g/mol. The van der Waals surface area contributed by atoms with Gasteiger partial charge in [-0.2, -0.15) is 0 Å². The predicted molar refractivity (Wildman–Crippen MR) is 54.0 cm³/mol. The van der Waals surface area contributed by atoms with Gasteiger partial charge in [-0.1, -0.05) is 19.1 Å². The quantitative estimate of drug-likeness (QED) is 0.722. The SMILES string of the molecule is CC/C(=C/c1ccc(O)cc1)C(=O)O. The zero-order chi connectivity index (χ0) is 10.6. The Balaban J connectivity index is 2.95. The van der Waals surface area contributed by atoms with Crippen LogP contribution in [0.2, 0.25) is 0 Å². The zero-order valence-corrected chi connectivity index (χ0v) is 7.90. The van der Waals surface area contributed by atoms with Gasteiger partial charge in [0, 0.05) is 5.57 Å². The Labute approximate surface area is 82.3 Å². The van der Waals surface area contributed by atoms with Crippen LogP contribution in [-0.2, 0) is 4.79 Å². The number of phenolic OH excluding ortho intramolecular Hbond substituents is 1. The van der Waals surface area contributed by atoms with Crippen molar-refractivity contribution in [3.05, 3.63) is 35.4 Å². The van der Waals surface area contributed by atoms with Crippen LogP contribution in [0.3, 0.4) is 0 Å². The molecule has 0 bridgehead atoms. The van der Waals surface area contributed by atoms with Crippen molar-refractivity contribution in [2.24, 2.45) is 0 Å². The maximum absolute atomic E-state index is 10.7. The summed E-state index contributed by atoms with van der Waals surface area (Å²) >= 11 is 0. The molecule has 3 nitrogen and oxygen atoms in total. The van der Waals surface area contributed by atoms with Gasteiger partial charge in [-0.25, -0.2) is 4.79 Å². The fourth-order valence-corrected chi connectivity index (χ4v) is 1.09. The number of carbonyl (C=O) groups is 1. The average Bonchev–Trinajstić information content (AvgIpc) is 2.16. The lowest BCUT2D eigenvalue weighted by atomic mass is 10.1. The van der Waals surface area contributed by atoms with Crippen molar-refractivity contribution in [2.45, 2.75) is 13.3 Å². The first-order valence-corrected chi connectivity index (χ1v) is 4.36. The molecule has 2 N–H and O–H groups in total. The van der Waals surface area contributed by atoms with Gasteiger partial charge < -0.3 is 10.2 Å². The minimum absolute atomic E-state index is 0.176. The number of carboxylic acid groups (broad SMARTS) is 1. The normalized spacial score (nSPS) is 11.4. The first-order chi connectivity index (χ1) is 6.63. The van der Waals surface area contributed by atoms with Gasteiger partial charge in [-0.05, 0) is 30.2 Å². The van der Waals surface area contributed by atoms with Gasteiger partial charge in [0.15, 0.2) is 0 Å². The van der Waals surface area contributed by atoms with Gasteiger partial charge in [0.2, 0.25) is 0 Å². The number of aromatic hydroxyl groups is 1. The van der Waals surface area contributed by atoms with E-state index in [1.807, 2.05) is 0 Å². The highest BCUT2D eigenvalue weighted by atomic mass is 16.4. The lowest BCUT2D eigenvalue weighted by Gasteiger charge is -1.98. The van der Waals surface area contributed by atoms with Crippen LogP contribution in [0.25, 0.3) is 6.08 Å². The molecular formula is C11H12O3. The van der Waals surface area contributed by atoms with E-state index in [1.54, 1.807) is 25.1 Å². The van der Waals surface area contributed by atoms with Crippen molar-refractivity contribution in [2.75, 3.05) is 0 Å². The molecule has 3 heteroatoms. The van der Waals surface area contributed by atoms with Gasteiger partial charge >= 0.3 is 5.97 Å². The highest BCUT2D eigenvalue weighted by Gasteiger charge is 2.03. The summed E-state index contributed by atoms with van der Waals surface area (Å²) in [7, 11) is 0. The number of rotatable bonds is 3. The van der Waals surface area contributed by atoms with E-state index < -0.39 is 5.97 Å². The Morgan fingerprint density at radius 2 is 1.93 bits per heavy atom. The molecule has 0 fully saturated rings. The largest absolute Gasteiger partial charge is 0.508 e. The summed E-state index contributed by atoms with van der Waals surface area (Å²) in [5.41, 5.74) is 1.14. The Morgan fingerprint density at radius 1 is 1.36 bits per heavy atom. The van der Waals surface area contributed by atoms with Crippen molar-refractivity contribution < 1.29 is 15.0 Å². The first-order valence-electron chi connectivity index (χ1n) is 4.36. The molecule has 0 saturated heterocycles. The van der Waals surface area contributed by atoms with Gasteiger partial charge in [0.25, 0.3) is 0 Å². The molecule has 0 aliphatic heterocycles. The maximum atomic E-state index is 10.7. The number of hydrogen-bond donors (Lipinski definition) is 2. The lowest BCUT2D eigenvalue weighted by molar-refractivity contribution is -0.132. The molecule has 0 aliphatic rings. The third-order valence-electron chi connectivity index (χ3n) is 1.89. The summed E-state index contributed by atoms with van der Waals surface area (Å²) in [6, 6.07) is 6.41. The third kappa shape index (κ3) is 2.62. The maximum Gasteiger partial charge on any atom is 0.331 e. The zero-order valence-electron chi connectivity index (χ0n) is 7.90. The molecule has 14 heavy (non-hydrogen) atoms. The second-order valence-electron chi connectivity index (χ2n) is 2.92. The molecule has 1 rings (SSSR count). The molecule has 0 amide bonds.